The number of methoxy groups -OCH3 is 2. The standard InChI is InChI=1S/C13H21NO3.ClH/c1-4-5-6-10(14)9-7-11(16-2)13(15)12(8-9)17-3;/h7-8,10,15H,4-6,14H2,1-3H3;1H/t10-;/m0./s1. The lowest BCUT2D eigenvalue weighted by Crippen LogP contribution is -2.10. The molecule has 0 saturated heterocycles. The third-order valence-electron chi connectivity index (χ3n) is 2.80. The summed E-state index contributed by atoms with van der Waals surface area (Å²) in [6, 6.07) is 3.47. The molecule has 0 saturated carbocycles. The zero-order chi connectivity index (χ0) is 12.8. The fourth-order valence-corrected chi connectivity index (χ4v) is 1.72. The van der Waals surface area contributed by atoms with Crippen LogP contribution in [0.15, 0.2) is 12.1 Å². The molecule has 18 heavy (non-hydrogen) atoms. The van der Waals surface area contributed by atoms with Gasteiger partial charge in [0.05, 0.1) is 14.2 Å². The minimum absolute atomic E-state index is 0. The van der Waals surface area contributed by atoms with Crippen LogP contribution < -0.4 is 15.2 Å². The lowest BCUT2D eigenvalue weighted by molar-refractivity contribution is 0.338. The second-order valence-corrected chi connectivity index (χ2v) is 4.02. The maximum atomic E-state index is 9.78. The summed E-state index contributed by atoms with van der Waals surface area (Å²) in [5.41, 5.74) is 7.01. The number of rotatable bonds is 6. The van der Waals surface area contributed by atoms with E-state index < -0.39 is 0 Å². The van der Waals surface area contributed by atoms with E-state index in [2.05, 4.69) is 6.92 Å². The van der Waals surface area contributed by atoms with E-state index in [0.717, 1.165) is 24.8 Å². The SMILES string of the molecule is CCCC[C@H](N)c1cc(OC)c(O)c(OC)c1.Cl. The van der Waals surface area contributed by atoms with Gasteiger partial charge in [0.15, 0.2) is 11.5 Å². The van der Waals surface area contributed by atoms with Crippen LogP contribution in [0.2, 0.25) is 0 Å². The Morgan fingerprint density at radius 3 is 2.11 bits per heavy atom. The summed E-state index contributed by atoms with van der Waals surface area (Å²) in [4.78, 5) is 0. The molecule has 0 radical (unpaired) electrons. The zero-order valence-corrected chi connectivity index (χ0v) is 11.9. The number of benzene rings is 1. The monoisotopic (exact) mass is 275 g/mol. The highest BCUT2D eigenvalue weighted by molar-refractivity contribution is 5.85. The molecule has 4 nitrogen and oxygen atoms in total. The second kappa shape index (κ2) is 8.06. The van der Waals surface area contributed by atoms with E-state index >= 15 is 0 Å². The molecular formula is C13H22ClNO3. The quantitative estimate of drug-likeness (QED) is 0.838. The number of phenols is 1. The van der Waals surface area contributed by atoms with Crippen molar-refractivity contribution in [1.29, 1.82) is 0 Å². The molecule has 0 spiro atoms. The number of phenolic OH excluding ortho intramolecular Hbond substituents is 1. The van der Waals surface area contributed by atoms with E-state index in [1.807, 2.05) is 0 Å². The minimum Gasteiger partial charge on any atom is -0.502 e. The van der Waals surface area contributed by atoms with Crippen LogP contribution in [0.1, 0.15) is 37.8 Å². The summed E-state index contributed by atoms with van der Waals surface area (Å²) >= 11 is 0. The van der Waals surface area contributed by atoms with Crippen LogP contribution in [0.25, 0.3) is 0 Å². The van der Waals surface area contributed by atoms with Crippen LogP contribution in [0.4, 0.5) is 0 Å². The van der Waals surface area contributed by atoms with Crippen molar-refractivity contribution in [3.63, 3.8) is 0 Å². The smallest absolute Gasteiger partial charge is 0.200 e. The minimum atomic E-state index is -0.0571. The molecule has 0 aromatic heterocycles. The Balaban J connectivity index is 0.00000289. The van der Waals surface area contributed by atoms with E-state index in [4.69, 9.17) is 15.2 Å². The topological polar surface area (TPSA) is 64.7 Å². The molecule has 0 aliphatic heterocycles. The van der Waals surface area contributed by atoms with Gasteiger partial charge in [-0.1, -0.05) is 19.8 Å². The van der Waals surface area contributed by atoms with Gasteiger partial charge >= 0.3 is 0 Å². The van der Waals surface area contributed by atoms with E-state index in [1.165, 1.54) is 14.2 Å². The van der Waals surface area contributed by atoms with Crippen molar-refractivity contribution in [1.82, 2.24) is 0 Å². The van der Waals surface area contributed by atoms with Crippen molar-refractivity contribution in [2.45, 2.75) is 32.2 Å². The van der Waals surface area contributed by atoms with Crippen molar-refractivity contribution in [2.75, 3.05) is 14.2 Å². The van der Waals surface area contributed by atoms with Gasteiger partial charge in [-0.25, -0.2) is 0 Å². The Morgan fingerprint density at radius 2 is 1.72 bits per heavy atom. The Labute approximate surface area is 115 Å². The van der Waals surface area contributed by atoms with Gasteiger partial charge in [-0.05, 0) is 24.1 Å². The van der Waals surface area contributed by atoms with E-state index in [9.17, 15) is 5.11 Å². The van der Waals surface area contributed by atoms with Crippen molar-refractivity contribution >= 4 is 12.4 Å². The highest BCUT2D eigenvalue weighted by Crippen LogP contribution is 2.38. The maximum Gasteiger partial charge on any atom is 0.200 e. The van der Waals surface area contributed by atoms with Crippen molar-refractivity contribution < 1.29 is 14.6 Å². The van der Waals surface area contributed by atoms with Crippen LogP contribution in [0.5, 0.6) is 17.2 Å². The van der Waals surface area contributed by atoms with Crippen LogP contribution in [-0.4, -0.2) is 19.3 Å². The van der Waals surface area contributed by atoms with Crippen molar-refractivity contribution in [2.24, 2.45) is 5.73 Å². The first-order chi connectivity index (χ1) is 8.13. The van der Waals surface area contributed by atoms with Crippen molar-refractivity contribution in [3.8, 4) is 17.2 Å². The van der Waals surface area contributed by atoms with Crippen LogP contribution in [-0.2, 0) is 0 Å². The number of unbranched alkanes of at least 4 members (excludes halogenated alkanes) is 1. The largest absolute Gasteiger partial charge is 0.502 e. The van der Waals surface area contributed by atoms with Gasteiger partial charge in [0.1, 0.15) is 0 Å². The molecule has 0 unspecified atom stereocenters. The summed E-state index contributed by atoms with van der Waals surface area (Å²) in [6.07, 6.45) is 3.10. The molecule has 0 amide bonds. The molecule has 0 bridgehead atoms. The molecule has 3 N–H and O–H groups in total. The molecule has 0 aliphatic carbocycles. The maximum absolute atomic E-state index is 9.78. The molecule has 1 atom stereocenters. The van der Waals surface area contributed by atoms with Gasteiger partial charge in [-0.3, -0.25) is 0 Å². The Hall–Kier alpha value is -1.13. The summed E-state index contributed by atoms with van der Waals surface area (Å²) in [6.45, 7) is 2.13. The summed E-state index contributed by atoms with van der Waals surface area (Å²) in [5.74, 6) is 0.805. The highest BCUT2D eigenvalue weighted by Gasteiger charge is 2.14. The second-order valence-electron chi connectivity index (χ2n) is 4.02. The summed E-state index contributed by atoms with van der Waals surface area (Å²) in [7, 11) is 3.02. The number of nitrogens with two attached hydrogens (primary N) is 1. The molecule has 1 aromatic carbocycles. The molecule has 0 aliphatic rings. The predicted octanol–water partition coefficient (Wildman–Crippen LogP) is 3.02. The van der Waals surface area contributed by atoms with Gasteiger partial charge in [0, 0.05) is 6.04 Å². The van der Waals surface area contributed by atoms with Gasteiger partial charge in [0.25, 0.3) is 0 Å². The third kappa shape index (κ3) is 3.96. The lowest BCUT2D eigenvalue weighted by atomic mass is 10.0. The Morgan fingerprint density at radius 1 is 1.22 bits per heavy atom. The van der Waals surface area contributed by atoms with Crippen LogP contribution >= 0.6 is 12.4 Å². The molecule has 5 heteroatoms. The molecule has 104 valence electrons. The van der Waals surface area contributed by atoms with Gasteiger partial charge in [0.2, 0.25) is 5.75 Å². The van der Waals surface area contributed by atoms with Crippen LogP contribution in [0.3, 0.4) is 0 Å². The van der Waals surface area contributed by atoms with Gasteiger partial charge in [-0.2, -0.15) is 0 Å². The number of aromatic hydroxyl groups is 1. The third-order valence-corrected chi connectivity index (χ3v) is 2.80. The average molecular weight is 276 g/mol. The fraction of sp³-hybridized carbons (Fsp3) is 0.538. The number of halogens is 1. The number of ether oxygens (including phenoxy) is 2. The summed E-state index contributed by atoms with van der Waals surface area (Å²) < 4.78 is 10.2. The lowest BCUT2D eigenvalue weighted by Gasteiger charge is -2.15. The van der Waals surface area contributed by atoms with E-state index in [1.54, 1.807) is 12.1 Å². The Kier molecular flexibility index (Phi) is 7.55. The number of hydrogen-bond acceptors (Lipinski definition) is 4. The van der Waals surface area contributed by atoms with Gasteiger partial charge in [-0.15, -0.1) is 12.4 Å². The van der Waals surface area contributed by atoms with Crippen LogP contribution in [0, 0.1) is 0 Å². The highest BCUT2D eigenvalue weighted by atomic mass is 35.5. The normalized spacial score (nSPS) is 11.6. The van der Waals surface area contributed by atoms with E-state index in [-0.39, 0.29) is 24.2 Å². The molecule has 1 rings (SSSR count). The molecule has 1 aromatic rings. The summed E-state index contributed by atoms with van der Waals surface area (Å²) in [5, 5.41) is 9.78. The average Bonchev–Trinajstić information content (AvgIpc) is 2.36. The molecular weight excluding hydrogens is 254 g/mol. The van der Waals surface area contributed by atoms with Crippen molar-refractivity contribution in [3.05, 3.63) is 17.7 Å². The first-order valence-corrected chi connectivity index (χ1v) is 5.84. The first-order valence-electron chi connectivity index (χ1n) is 5.84. The zero-order valence-electron chi connectivity index (χ0n) is 11.1. The fourth-order valence-electron chi connectivity index (χ4n) is 1.72. The molecule has 0 fully saturated rings. The first kappa shape index (κ1) is 16.9. The Bertz CT molecular complexity index is 346. The molecule has 0 heterocycles. The van der Waals surface area contributed by atoms with E-state index in [0.29, 0.717) is 11.5 Å². The van der Waals surface area contributed by atoms with Gasteiger partial charge < -0.3 is 20.3 Å². The predicted molar refractivity (Wildman–Crippen MR) is 74.9 cm³/mol. The number of hydrogen-bond donors (Lipinski definition) is 2.